The lowest BCUT2D eigenvalue weighted by atomic mass is 9.87. The summed E-state index contributed by atoms with van der Waals surface area (Å²) in [4.78, 5) is 0. The van der Waals surface area contributed by atoms with Crippen molar-refractivity contribution in [1.82, 2.24) is 8.80 Å². The van der Waals surface area contributed by atoms with E-state index in [1.165, 1.54) is 130 Å². The second-order valence-electron chi connectivity index (χ2n) is 15.6. The highest BCUT2D eigenvalue weighted by molar-refractivity contribution is 7.26. The third-order valence-electron chi connectivity index (χ3n) is 12.8. The van der Waals surface area contributed by atoms with E-state index in [0.29, 0.717) is 0 Å². The second kappa shape index (κ2) is 10.8. The summed E-state index contributed by atoms with van der Waals surface area (Å²) in [5.41, 5.74) is 15.1. The zero-order valence-corrected chi connectivity index (χ0v) is 31.4. The molecule has 5 aromatic heterocycles. The molecule has 14 aromatic rings. The molecule has 0 saturated heterocycles. The maximum Gasteiger partial charge on any atom is 0.0635 e. The third kappa shape index (κ3) is 3.80. The molecule has 0 bridgehead atoms. The summed E-state index contributed by atoms with van der Waals surface area (Å²) in [7, 11) is 0. The van der Waals surface area contributed by atoms with Crippen LogP contribution in [0.3, 0.4) is 0 Å². The third-order valence-corrected chi connectivity index (χ3v) is 14.0. The van der Waals surface area contributed by atoms with E-state index >= 15 is 0 Å². The Morgan fingerprint density at radius 1 is 0.316 bits per heavy atom. The molecule has 3 heteroatoms. The number of benzene rings is 9. The molecule has 0 saturated carbocycles. The van der Waals surface area contributed by atoms with Gasteiger partial charge in [0, 0.05) is 63.3 Å². The topological polar surface area (TPSA) is 8.82 Å². The van der Waals surface area contributed by atoms with E-state index in [2.05, 4.69) is 191 Å². The van der Waals surface area contributed by atoms with Gasteiger partial charge in [-0.25, -0.2) is 0 Å². The van der Waals surface area contributed by atoms with Gasteiger partial charge in [-0.2, -0.15) is 0 Å². The van der Waals surface area contributed by atoms with Crippen molar-refractivity contribution in [1.29, 1.82) is 0 Å². The first kappa shape index (κ1) is 30.1. The molecule has 262 valence electrons. The van der Waals surface area contributed by atoms with Crippen molar-refractivity contribution in [3.05, 3.63) is 182 Å². The van der Waals surface area contributed by atoms with Crippen LogP contribution in [0.15, 0.2) is 182 Å². The fourth-order valence-electron chi connectivity index (χ4n) is 10.4. The number of aromatic nitrogens is 2. The minimum Gasteiger partial charge on any atom is -0.308 e. The minimum atomic E-state index is 1.22. The number of thiophene rings is 1. The molecule has 0 spiro atoms. The molecule has 0 atom stereocenters. The molecule has 0 amide bonds. The van der Waals surface area contributed by atoms with Crippen molar-refractivity contribution >= 4 is 108 Å². The van der Waals surface area contributed by atoms with E-state index in [9.17, 15) is 0 Å². The van der Waals surface area contributed by atoms with Crippen LogP contribution in [0.4, 0.5) is 0 Å². The summed E-state index contributed by atoms with van der Waals surface area (Å²) in [6, 6.07) is 67.8. The largest absolute Gasteiger partial charge is 0.308 e. The Morgan fingerprint density at radius 2 is 0.895 bits per heavy atom. The first-order valence-corrected chi connectivity index (χ1v) is 20.5. The lowest BCUT2D eigenvalue weighted by molar-refractivity contribution is 1.36. The van der Waals surface area contributed by atoms with Crippen LogP contribution in [0.1, 0.15) is 0 Å². The van der Waals surface area contributed by atoms with Gasteiger partial charge in [0.05, 0.1) is 33.1 Å². The predicted molar refractivity (Wildman–Crippen MR) is 245 cm³/mol. The molecular weight excluding hydrogens is 709 g/mol. The first-order valence-electron chi connectivity index (χ1n) is 19.7. The maximum atomic E-state index is 2.58. The van der Waals surface area contributed by atoms with E-state index in [0.717, 1.165) is 0 Å². The fraction of sp³-hybridized carbons (Fsp3) is 0. The van der Waals surface area contributed by atoms with Crippen molar-refractivity contribution in [3.63, 3.8) is 0 Å². The summed E-state index contributed by atoms with van der Waals surface area (Å²) < 4.78 is 7.78. The van der Waals surface area contributed by atoms with Crippen molar-refractivity contribution < 1.29 is 0 Å². The molecule has 0 radical (unpaired) electrons. The van der Waals surface area contributed by atoms with E-state index in [-0.39, 0.29) is 0 Å². The average molecular weight is 739 g/mol. The Bertz CT molecular complexity index is 3900. The summed E-state index contributed by atoms with van der Waals surface area (Å²) in [5, 5.41) is 13.2. The zero-order chi connectivity index (χ0) is 36.9. The van der Waals surface area contributed by atoms with Gasteiger partial charge < -0.3 is 8.80 Å². The Balaban J connectivity index is 1.16. The molecule has 14 rings (SSSR count). The molecular formula is C54H30N2S. The van der Waals surface area contributed by atoms with Gasteiger partial charge in [-0.05, 0) is 75.8 Å². The Kier molecular flexibility index (Phi) is 5.68. The van der Waals surface area contributed by atoms with Crippen LogP contribution >= 0.6 is 11.3 Å². The molecule has 0 aliphatic rings. The van der Waals surface area contributed by atoms with Gasteiger partial charge in [0.15, 0.2) is 0 Å². The number of fused-ring (bicyclic) bond motifs is 16. The van der Waals surface area contributed by atoms with Crippen LogP contribution in [0.2, 0.25) is 0 Å². The van der Waals surface area contributed by atoms with E-state index in [1.54, 1.807) is 0 Å². The van der Waals surface area contributed by atoms with Crippen LogP contribution in [0.5, 0.6) is 0 Å². The number of rotatable bonds is 3. The van der Waals surface area contributed by atoms with E-state index in [4.69, 9.17) is 0 Å². The van der Waals surface area contributed by atoms with Crippen molar-refractivity contribution in [2.75, 3.05) is 0 Å². The molecule has 0 aliphatic heterocycles. The summed E-state index contributed by atoms with van der Waals surface area (Å²) >= 11 is 1.93. The quantitative estimate of drug-likeness (QED) is 0.171. The van der Waals surface area contributed by atoms with Crippen molar-refractivity contribution in [2.45, 2.75) is 0 Å². The van der Waals surface area contributed by atoms with Gasteiger partial charge >= 0.3 is 0 Å². The lowest BCUT2D eigenvalue weighted by Gasteiger charge is -2.16. The molecule has 5 heterocycles. The highest BCUT2D eigenvalue weighted by Crippen LogP contribution is 2.50. The normalized spacial score (nSPS) is 12.6. The molecule has 0 aliphatic carbocycles. The van der Waals surface area contributed by atoms with E-state index < -0.39 is 0 Å². The van der Waals surface area contributed by atoms with Crippen molar-refractivity contribution in [2.24, 2.45) is 0 Å². The molecule has 0 unspecified atom stereocenters. The van der Waals surface area contributed by atoms with Crippen molar-refractivity contribution in [3.8, 4) is 33.4 Å². The number of nitrogens with zero attached hydrogens (tertiary/aromatic N) is 2. The van der Waals surface area contributed by atoms with Crippen LogP contribution < -0.4 is 0 Å². The molecule has 0 N–H and O–H groups in total. The SMILES string of the molecule is c1ccc(-c2cccc(-c3ccccc3)c2-c2ccc3c(c2)c2c4sc5ccccc5c4cc4c5cc6c(cc5n3c42)c2cccc3c4ccccc4n6c32)cc1. The fourth-order valence-corrected chi connectivity index (χ4v) is 11.7. The second-order valence-corrected chi connectivity index (χ2v) is 16.6. The maximum absolute atomic E-state index is 2.58. The Morgan fingerprint density at radius 3 is 1.65 bits per heavy atom. The van der Waals surface area contributed by atoms with Gasteiger partial charge in [-0.15, -0.1) is 11.3 Å². The first-order chi connectivity index (χ1) is 28.3. The minimum absolute atomic E-state index is 1.22. The standard InChI is InChI=1S/C54H30N2S/c1-3-13-31(14-4-1)34-19-11-20-35(32-15-5-2-6-16-32)50(34)33-25-26-46-44(27-33)51-53-42(28-43-37-18-8-10-24-49(37)57-54(43)51)41-30-47-40(29-48(41)56(46)53)39-22-12-21-38-36-17-7-9-23-45(36)55(47)52(38)39/h1-30H. The summed E-state index contributed by atoms with van der Waals surface area (Å²) in [6.07, 6.45) is 0. The molecule has 57 heavy (non-hydrogen) atoms. The Hall–Kier alpha value is -7.20. The van der Waals surface area contributed by atoms with E-state index in [1.807, 2.05) is 11.3 Å². The number of para-hydroxylation sites is 2. The van der Waals surface area contributed by atoms with Gasteiger partial charge in [0.25, 0.3) is 0 Å². The van der Waals surface area contributed by atoms with Gasteiger partial charge in [0.2, 0.25) is 0 Å². The smallest absolute Gasteiger partial charge is 0.0635 e. The van der Waals surface area contributed by atoms with Crippen LogP contribution in [0, 0.1) is 0 Å². The molecule has 0 fully saturated rings. The van der Waals surface area contributed by atoms with Gasteiger partial charge in [-0.1, -0.05) is 140 Å². The zero-order valence-electron chi connectivity index (χ0n) is 30.6. The predicted octanol–water partition coefficient (Wildman–Crippen LogP) is 15.4. The highest BCUT2D eigenvalue weighted by Gasteiger charge is 2.25. The van der Waals surface area contributed by atoms with Crippen LogP contribution in [-0.2, 0) is 0 Å². The summed E-state index contributed by atoms with van der Waals surface area (Å²) in [5.74, 6) is 0. The molecule has 9 aromatic carbocycles. The lowest BCUT2D eigenvalue weighted by Crippen LogP contribution is -1.91. The summed E-state index contributed by atoms with van der Waals surface area (Å²) in [6.45, 7) is 0. The monoisotopic (exact) mass is 738 g/mol. The molecule has 2 nitrogen and oxygen atoms in total. The Labute approximate surface area is 330 Å². The van der Waals surface area contributed by atoms with Gasteiger partial charge in [0.1, 0.15) is 0 Å². The average Bonchev–Trinajstić information content (AvgIpc) is 4.07. The number of hydrogen-bond acceptors (Lipinski definition) is 1. The van der Waals surface area contributed by atoms with Crippen LogP contribution in [-0.4, -0.2) is 8.80 Å². The highest BCUT2D eigenvalue weighted by atomic mass is 32.1. The van der Waals surface area contributed by atoms with Gasteiger partial charge in [-0.3, -0.25) is 0 Å². The van der Waals surface area contributed by atoms with Crippen LogP contribution in [0.25, 0.3) is 130 Å². The number of hydrogen-bond donors (Lipinski definition) is 0.